The summed E-state index contributed by atoms with van der Waals surface area (Å²) < 4.78 is 14.4. The summed E-state index contributed by atoms with van der Waals surface area (Å²) in [6, 6.07) is 5.84. The summed E-state index contributed by atoms with van der Waals surface area (Å²) in [6.07, 6.45) is 7.35. The van der Waals surface area contributed by atoms with Crippen LogP contribution < -0.4 is 5.32 Å². The standard InChI is InChI=1S/C18H27BrFN/c1-3-10-21-17(14-7-4-6-13(2)11-14)12-15-8-5-9-16(20)18(15)19/h5,8-9,13-14,17,21H,3-4,6-7,10-12H2,1-2H3. The maximum Gasteiger partial charge on any atom is 0.137 e. The minimum atomic E-state index is -0.154. The SMILES string of the molecule is CCCNC(Cc1cccc(F)c1Br)C1CCCC(C)C1. The number of benzene rings is 1. The van der Waals surface area contributed by atoms with Gasteiger partial charge in [0, 0.05) is 6.04 Å². The lowest BCUT2D eigenvalue weighted by Gasteiger charge is -2.34. The van der Waals surface area contributed by atoms with Crippen LogP contribution in [0, 0.1) is 17.7 Å². The molecule has 1 N–H and O–H groups in total. The number of halogens is 2. The first-order valence-electron chi connectivity index (χ1n) is 8.28. The molecule has 3 heteroatoms. The lowest BCUT2D eigenvalue weighted by atomic mass is 9.77. The summed E-state index contributed by atoms with van der Waals surface area (Å²) in [5, 5.41) is 3.71. The predicted octanol–water partition coefficient (Wildman–Crippen LogP) is 5.33. The molecule has 3 atom stereocenters. The van der Waals surface area contributed by atoms with Crippen LogP contribution in [0.1, 0.15) is 51.5 Å². The first kappa shape index (κ1) is 17.0. The lowest BCUT2D eigenvalue weighted by molar-refractivity contribution is 0.221. The van der Waals surface area contributed by atoms with Crippen LogP contribution in [0.5, 0.6) is 0 Å². The van der Waals surface area contributed by atoms with E-state index in [0.29, 0.717) is 10.5 Å². The van der Waals surface area contributed by atoms with E-state index in [2.05, 4.69) is 35.1 Å². The van der Waals surface area contributed by atoms with Gasteiger partial charge in [0.05, 0.1) is 4.47 Å². The van der Waals surface area contributed by atoms with Crippen molar-refractivity contribution in [3.63, 3.8) is 0 Å². The third-order valence-electron chi connectivity index (χ3n) is 4.67. The van der Waals surface area contributed by atoms with Crippen LogP contribution in [0.3, 0.4) is 0 Å². The van der Waals surface area contributed by atoms with Crippen molar-refractivity contribution in [1.82, 2.24) is 5.32 Å². The fourth-order valence-corrected chi connectivity index (χ4v) is 3.95. The van der Waals surface area contributed by atoms with Crippen molar-refractivity contribution in [1.29, 1.82) is 0 Å². The van der Waals surface area contributed by atoms with Crippen molar-refractivity contribution in [3.05, 3.63) is 34.1 Å². The van der Waals surface area contributed by atoms with Crippen molar-refractivity contribution in [3.8, 4) is 0 Å². The second-order valence-electron chi connectivity index (χ2n) is 6.51. The Morgan fingerprint density at radius 3 is 2.90 bits per heavy atom. The lowest BCUT2D eigenvalue weighted by Crippen LogP contribution is -2.40. The highest BCUT2D eigenvalue weighted by molar-refractivity contribution is 9.10. The van der Waals surface area contributed by atoms with Crippen molar-refractivity contribution < 1.29 is 4.39 Å². The van der Waals surface area contributed by atoms with E-state index in [0.717, 1.165) is 36.8 Å². The summed E-state index contributed by atoms with van der Waals surface area (Å²) in [7, 11) is 0. The van der Waals surface area contributed by atoms with Gasteiger partial charge in [-0.3, -0.25) is 0 Å². The van der Waals surface area contributed by atoms with E-state index in [-0.39, 0.29) is 5.82 Å². The van der Waals surface area contributed by atoms with E-state index in [1.165, 1.54) is 31.7 Å². The van der Waals surface area contributed by atoms with Crippen LogP contribution >= 0.6 is 15.9 Å². The Morgan fingerprint density at radius 1 is 1.38 bits per heavy atom. The molecule has 1 nitrogen and oxygen atoms in total. The molecular weight excluding hydrogens is 329 g/mol. The number of hydrogen-bond donors (Lipinski definition) is 1. The van der Waals surface area contributed by atoms with E-state index in [1.807, 2.05) is 12.1 Å². The maximum absolute atomic E-state index is 13.7. The predicted molar refractivity (Wildman–Crippen MR) is 91.0 cm³/mol. The molecule has 1 aliphatic carbocycles. The van der Waals surface area contributed by atoms with E-state index in [9.17, 15) is 4.39 Å². The Labute approximate surface area is 136 Å². The second kappa shape index (κ2) is 8.28. The number of nitrogens with one attached hydrogen (secondary N) is 1. The average Bonchev–Trinajstić information content (AvgIpc) is 2.47. The minimum Gasteiger partial charge on any atom is -0.313 e. The topological polar surface area (TPSA) is 12.0 Å². The Kier molecular flexibility index (Phi) is 6.69. The Bertz CT molecular complexity index is 449. The Balaban J connectivity index is 2.10. The highest BCUT2D eigenvalue weighted by Crippen LogP contribution is 2.33. The van der Waals surface area contributed by atoms with Gasteiger partial charge in [-0.1, -0.05) is 38.8 Å². The van der Waals surface area contributed by atoms with Gasteiger partial charge in [-0.25, -0.2) is 4.39 Å². The molecule has 118 valence electrons. The first-order chi connectivity index (χ1) is 10.1. The highest BCUT2D eigenvalue weighted by Gasteiger charge is 2.27. The van der Waals surface area contributed by atoms with Crippen molar-refractivity contribution >= 4 is 15.9 Å². The summed E-state index contributed by atoms with van der Waals surface area (Å²) in [6.45, 7) is 5.61. The van der Waals surface area contributed by atoms with Crippen LogP contribution in [0.15, 0.2) is 22.7 Å². The molecule has 1 fully saturated rings. The molecule has 1 saturated carbocycles. The molecule has 0 heterocycles. The molecule has 0 saturated heterocycles. The van der Waals surface area contributed by atoms with Crippen LogP contribution in [0.4, 0.5) is 4.39 Å². The summed E-state index contributed by atoms with van der Waals surface area (Å²) in [4.78, 5) is 0. The number of hydrogen-bond acceptors (Lipinski definition) is 1. The fraction of sp³-hybridized carbons (Fsp3) is 0.667. The molecular formula is C18H27BrFN. The Hall–Kier alpha value is -0.410. The van der Waals surface area contributed by atoms with Crippen LogP contribution in [-0.2, 0) is 6.42 Å². The monoisotopic (exact) mass is 355 g/mol. The molecule has 21 heavy (non-hydrogen) atoms. The molecule has 0 radical (unpaired) electrons. The molecule has 0 bridgehead atoms. The van der Waals surface area contributed by atoms with Gasteiger partial charge in [0.25, 0.3) is 0 Å². The van der Waals surface area contributed by atoms with Gasteiger partial charge in [0.2, 0.25) is 0 Å². The minimum absolute atomic E-state index is 0.154. The van der Waals surface area contributed by atoms with Gasteiger partial charge in [0.15, 0.2) is 0 Å². The van der Waals surface area contributed by atoms with Crippen molar-refractivity contribution in [2.45, 2.75) is 58.4 Å². The van der Waals surface area contributed by atoms with E-state index < -0.39 is 0 Å². The quantitative estimate of drug-likeness (QED) is 0.727. The molecule has 3 unspecified atom stereocenters. The van der Waals surface area contributed by atoms with Gasteiger partial charge in [-0.15, -0.1) is 0 Å². The van der Waals surface area contributed by atoms with Gasteiger partial charge in [-0.05, 0) is 71.6 Å². The zero-order valence-corrected chi connectivity index (χ0v) is 14.8. The van der Waals surface area contributed by atoms with Gasteiger partial charge < -0.3 is 5.32 Å². The molecule has 1 aliphatic rings. The zero-order chi connectivity index (χ0) is 15.2. The van der Waals surface area contributed by atoms with Crippen LogP contribution in [0.25, 0.3) is 0 Å². The van der Waals surface area contributed by atoms with Crippen LogP contribution in [0.2, 0.25) is 0 Å². The average molecular weight is 356 g/mol. The summed E-state index contributed by atoms with van der Waals surface area (Å²) in [5.74, 6) is 1.39. The molecule has 0 aromatic heterocycles. The molecule has 0 aliphatic heterocycles. The fourth-order valence-electron chi connectivity index (χ4n) is 3.52. The van der Waals surface area contributed by atoms with E-state index in [1.54, 1.807) is 0 Å². The van der Waals surface area contributed by atoms with Crippen LogP contribution in [-0.4, -0.2) is 12.6 Å². The second-order valence-corrected chi connectivity index (χ2v) is 7.30. The molecule has 0 spiro atoms. The smallest absolute Gasteiger partial charge is 0.137 e. The van der Waals surface area contributed by atoms with Gasteiger partial charge in [0.1, 0.15) is 5.82 Å². The largest absolute Gasteiger partial charge is 0.313 e. The Morgan fingerprint density at radius 2 is 2.19 bits per heavy atom. The highest BCUT2D eigenvalue weighted by atomic mass is 79.9. The normalized spacial score (nSPS) is 24.0. The van der Waals surface area contributed by atoms with Gasteiger partial charge in [-0.2, -0.15) is 0 Å². The summed E-state index contributed by atoms with van der Waals surface area (Å²) in [5.41, 5.74) is 1.09. The van der Waals surface area contributed by atoms with E-state index >= 15 is 0 Å². The molecule has 1 aromatic carbocycles. The zero-order valence-electron chi connectivity index (χ0n) is 13.2. The summed E-state index contributed by atoms with van der Waals surface area (Å²) >= 11 is 3.41. The van der Waals surface area contributed by atoms with Crippen molar-refractivity contribution in [2.24, 2.45) is 11.8 Å². The molecule has 0 amide bonds. The van der Waals surface area contributed by atoms with E-state index in [4.69, 9.17) is 0 Å². The third-order valence-corrected chi connectivity index (χ3v) is 5.56. The third kappa shape index (κ3) is 4.79. The molecule has 2 rings (SSSR count). The van der Waals surface area contributed by atoms with Crippen molar-refractivity contribution in [2.75, 3.05) is 6.54 Å². The van der Waals surface area contributed by atoms with Gasteiger partial charge >= 0.3 is 0 Å². The maximum atomic E-state index is 13.7. The first-order valence-corrected chi connectivity index (χ1v) is 9.07. The number of rotatable bonds is 6. The molecule has 1 aromatic rings.